The largest absolute Gasteiger partial charge is 0.493 e. The lowest BCUT2D eigenvalue weighted by molar-refractivity contribution is -0.100. The summed E-state index contributed by atoms with van der Waals surface area (Å²) in [6.45, 7) is 5.83. The standard InChI is InChI=1S/C15H20BrNO2/c1-15(9-18-10-15)8-17-13-3-2-6-19-14-7-11(16)4-5-12(13)14/h4-5,7,13,17H,2-3,6,8-10H2,1H3. The number of halogens is 1. The zero-order chi connectivity index (χ0) is 13.3. The monoisotopic (exact) mass is 325 g/mol. The molecule has 0 amide bonds. The molecular formula is C15H20BrNO2. The van der Waals surface area contributed by atoms with Crippen LogP contribution in [0.4, 0.5) is 0 Å². The quantitative estimate of drug-likeness (QED) is 0.925. The minimum Gasteiger partial charge on any atom is -0.493 e. The average molecular weight is 326 g/mol. The van der Waals surface area contributed by atoms with Gasteiger partial charge in [-0.05, 0) is 25.0 Å². The summed E-state index contributed by atoms with van der Waals surface area (Å²) in [6.07, 6.45) is 2.22. The topological polar surface area (TPSA) is 30.5 Å². The highest BCUT2D eigenvalue weighted by atomic mass is 79.9. The SMILES string of the molecule is CC1(CNC2CCCOc3cc(Br)ccc32)COC1. The molecule has 104 valence electrons. The molecule has 0 radical (unpaired) electrons. The number of fused-ring (bicyclic) bond motifs is 1. The van der Waals surface area contributed by atoms with Crippen LogP contribution in [0, 0.1) is 5.41 Å². The molecule has 3 rings (SSSR count). The number of hydrogen-bond acceptors (Lipinski definition) is 3. The molecule has 1 unspecified atom stereocenters. The zero-order valence-electron chi connectivity index (χ0n) is 11.2. The van der Waals surface area contributed by atoms with Crippen LogP contribution in [0.1, 0.15) is 31.4 Å². The molecule has 4 heteroatoms. The molecular weight excluding hydrogens is 306 g/mol. The molecule has 2 aliphatic rings. The van der Waals surface area contributed by atoms with Crippen LogP contribution in [0.3, 0.4) is 0 Å². The maximum absolute atomic E-state index is 5.84. The van der Waals surface area contributed by atoms with Gasteiger partial charge < -0.3 is 14.8 Å². The van der Waals surface area contributed by atoms with Crippen molar-refractivity contribution in [1.29, 1.82) is 0 Å². The maximum atomic E-state index is 5.84. The van der Waals surface area contributed by atoms with Crippen LogP contribution in [-0.4, -0.2) is 26.4 Å². The van der Waals surface area contributed by atoms with Gasteiger partial charge in [0.05, 0.1) is 19.8 Å². The maximum Gasteiger partial charge on any atom is 0.125 e. The highest BCUT2D eigenvalue weighted by molar-refractivity contribution is 9.10. The number of benzene rings is 1. The van der Waals surface area contributed by atoms with E-state index in [0.717, 1.165) is 49.4 Å². The van der Waals surface area contributed by atoms with Gasteiger partial charge in [-0.25, -0.2) is 0 Å². The summed E-state index contributed by atoms with van der Waals surface area (Å²) in [5.74, 6) is 1.01. The molecule has 2 aliphatic heterocycles. The van der Waals surface area contributed by atoms with Crippen molar-refractivity contribution in [3.8, 4) is 5.75 Å². The van der Waals surface area contributed by atoms with Crippen molar-refractivity contribution in [2.45, 2.75) is 25.8 Å². The van der Waals surface area contributed by atoms with E-state index in [4.69, 9.17) is 9.47 Å². The summed E-state index contributed by atoms with van der Waals surface area (Å²) < 4.78 is 12.2. The Hall–Kier alpha value is -0.580. The van der Waals surface area contributed by atoms with Gasteiger partial charge in [0, 0.05) is 28.0 Å². The summed E-state index contributed by atoms with van der Waals surface area (Å²) in [6, 6.07) is 6.73. The molecule has 1 aromatic carbocycles. The van der Waals surface area contributed by atoms with Crippen molar-refractivity contribution in [1.82, 2.24) is 5.32 Å². The molecule has 1 fully saturated rings. The highest BCUT2D eigenvalue weighted by Gasteiger charge is 2.34. The van der Waals surface area contributed by atoms with Gasteiger partial charge in [0.15, 0.2) is 0 Å². The van der Waals surface area contributed by atoms with Crippen LogP contribution in [0.15, 0.2) is 22.7 Å². The third-order valence-corrected chi connectivity index (χ3v) is 4.42. The number of hydrogen-bond donors (Lipinski definition) is 1. The number of ether oxygens (including phenoxy) is 2. The molecule has 0 aromatic heterocycles. The number of nitrogens with one attached hydrogen (secondary N) is 1. The Morgan fingerprint density at radius 1 is 1.42 bits per heavy atom. The first-order valence-electron chi connectivity index (χ1n) is 6.90. The molecule has 0 bridgehead atoms. The van der Waals surface area contributed by atoms with E-state index in [9.17, 15) is 0 Å². The van der Waals surface area contributed by atoms with Crippen molar-refractivity contribution in [2.24, 2.45) is 5.41 Å². The van der Waals surface area contributed by atoms with Gasteiger partial charge in [-0.2, -0.15) is 0 Å². The van der Waals surface area contributed by atoms with E-state index in [-0.39, 0.29) is 0 Å². The fourth-order valence-electron chi connectivity index (χ4n) is 2.68. The summed E-state index contributed by atoms with van der Waals surface area (Å²) in [7, 11) is 0. The van der Waals surface area contributed by atoms with E-state index < -0.39 is 0 Å². The van der Waals surface area contributed by atoms with Gasteiger partial charge in [0.25, 0.3) is 0 Å². The van der Waals surface area contributed by atoms with Gasteiger partial charge in [0.1, 0.15) is 5.75 Å². The summed E-state index contributed by atoms with van der Waals surface area (Å²) in [4.78, 5) is 0. The molecule has 1 saturated heterocycles. The van der Waals surface area contributed by atoms with E-state index in [2.05, 4.69) is 46.4 Å². The summed E-state index contributed by atoms with van der Waals surface area (Å²) in [5, 5.41) is 3.70. The van der Waals surface area contributed by atoms with Crippen LogP contribution in [-0.2, 0) is 4.74 Å². The lowest BCUT2D eigenvalue weighted by Crippen LogP contribution is -2.48. The first-order chi connectivity index (χ1) is 9.16. The number of rotatable bonds is 3. The first-order valence-corrected chi connectivity index (χ1v) is 7.69. The Morgan fingerprint density at radius 3 is 3.00 bits per heavy atom. The van der Waals surface area contributed by atoms with E-state index in [1.807, 2.05) is 0 Å². The minimum atomic E-state index is 0.308. The Kier molecular flexibility index (Phi) is 3.83. The zero-order valence-corrected chi connectivity index (χ0v) is 12.8. The van der Waals surface area contributed by atoms with Crippen LogP contribution >= 0.6 is 15.9 Å². The molecule has 1 aromatic rings. The molecule has 0 saturated carbocycles. The normalized spacial score (nSPS) is 24.8. The van der Waals surface area contributed by atoms with Crippen LogP contribution in [0.5, 0.6) is 5.75 Å². The van der Waals surface area contributed by atoms with Gasteiger partial charge >= 0.3 is 0 Å². The van der Waals surface area contributed by atoms with E-state index in [1.165, 1.54) is 5.56 Å². The summed E-state index contributed by atoms with van der Waals surface area (Å²) in [5.41, 5.74) is 1.59. The molecule has 0 aliphatic carbocycles. The smallest absolute Gasteiger partial charge is 0.125 e. The molecule has 3 nitrogen and oxygen atoms in total. The average Bonchev–Trinajstić information content (AvgIpc) is 2.56. The van der Waals surface area contributed by atoms with E-state index >= 15 is 0 Å². The lowest BCUT2D eigenvalue weighted by Gasteiger charge is -2.39. The van der Waals surface area contributed by atoms with Gasteiger partial charge in [-0.15, -0.1) is 0 Å². The van der Waals surface area contributed by atoms with Crippen molar-refractivity contribution in [2.75, 3.05) is 26.4 Å². The Balaban J connectivity index is 1.74. The molecule has 0 spiro atoms. The van der Waals surface area contributed by atoms with Gasteiger partial charge in [0.2, 0.25) is 0 Å². The van der Waals surface area contributed by atoms with Crippen molar-refractivity contribution < 1.29 is 9.47 Å². The predicted molar refractivity (Wildman–Crippen MR) is 78.5 cm³/mol. The second kappa shape index (κ2) is 5.43. The van der Waals surface area contributed by atoms with Crippen molar-refractivity contribution in [3.63, 3.8) is 0 Å². The third kappa shape index (κ3) is 2.96. The van der Waals surface area contributed by atoms with Gasteiger partial charge in [-0.1, -0.05) is 28.9 Å². The Morgan fingerprint density at radius 2 is 2.26 bits per heavy atom. The van der Waals surface area contributed by atoms with Crippen LogP contribution in [0.2, 0.25) is 0 Å². The summed E-state index contributed by atoms with van der Waals surface area (Å²) >= 11 is 3.51. The fourth-order valence-corrected chi connectivity index (χ4v) is 3.02. The Labute approximate surface area is 122 Å². The molecule has 2 heterocycles. The second-order valence-corrected chi connectivity index (χ2v) is 6.83. The molecule has 1 N–H and O–H groups in total. The van der Waals surface area contributed by atoms with Gasteiger partial charge in [-0.3, -0.25) is 0 Å². The molecule has 19 heavy (non-hydrogen) atoms. The van der Waals surface area contributed by atoms with E-state index in [0.29, 0.717) is 11.5 Å². The van der Waals surface area contributed by atoms with Crippen LogP contribution in [0.25, 0.3) is 0 Å². The Bertz CT molecular complexity index is 459. The van der Waals surface area contributed by atoms with Crippen LogP contribution < -0.4 is 10.1 Å². The van der Waals surface area contributed by atoms with E-state index in [1.54, 1.807) is 0 Å². The fraction of sp³-hybridized carbons (Fsp3) is 0.600. The second-order valence-electron chi connectivity index (χ2n) is 5.91. The lowest BCUT2D eigenvalue weighted by atomic mass is 9.88. The first kappa shape index (κ1) is 13.4. The van der Waals surface area contributed by atoms with Crippen molar-refractivity contribution in [3.05, 3.63) is 28.2 Å². The minimum absolute atomic E-state index is 0.308. The third-order valence-electron chi connectivity index (χ3n) is 3.92. The predicted octanol–water partition coefficient (Wildman–Crippen LogP) is 3.29. The van der Waals surface area contributed by atoms with Crippen molar-refractivity contribution >= 4 is 15.9 Å². The molecule has 1 atom stereocenters. The highest BCUT2D eigenvalue weighted by Crippen LogP contribution is 2.35.